The zero-order valence-electron chi connectivity index (χ0n) is 11.6. The van der Waals surface area contributed by atoms with Crippen molar-refractivity contribution in [2.45, 2.75) is 25.3 Å². The van der Waals surface area contributed by atoms with Gasteiger partial charge in [-0.15, -0.1) is 0 Å². The van der Waals surface area contributed by atoms with Crippen molar-refractivity contribution in [1.82, 2.24) is 15.1 Å². The van der Waals surface area contributed by atoms with Crippen molar-refractivity contribution in [3.05, 3.63) is 40.3 Å². The van der Waals surface area contributed by atoms with Gasteiger partial charge in [0.1, 0.15) is 0 Å². The molecule has 6 heteroatoms. The summed E-state index contributed by atoms with van der Waals surface area (Å²) in [5.41, 5.74) is -0.0648. The van der Waals surface area contributed by atoms with E-state index in [-0.39, 0.29) is 29.8 Å². The Labute approximate surface area is 121 Å². The number of hydrogen-bond acceptors (Lipinski definition) is 4. The molecule has 1 atom stereocenters. The fourth-order valence-electron chi connectivity index (χ4n) is 2.87. The number of carbonyl (C=O) groups excluding carboxylic acids is 1. The molecule has 21 heavy (non-hydrogen) atoms. The normalized spacial score (nSPS) is 18.9. The number of nitrogens with zero attached hydrogens (tertiary/aromatic N) is 2. The summed E-state index contributed by atoms with van der Waals surface area (Å²) in [6, 6.07) is 6.76. The highest BCUT2D eigenvalue weighted by atomic mass is 16.3. The number of piperidine rings is 1. The number of carbonyl (C=O) groups is 1. The van der Waals surface area contributed by atoms with E-state index in [1.165, 1.54) is 0 Å². The zero-order valence-corrected chi connectivity index (χ0v) is 11.6. The van der Waals surface area contributed by atoms with Gasteiger partial charge in [-0.3, -0.25) is 9.59 Å². The molecule has 0 saturated carbocycles. The van der Waals surface area contributed by atoms with Gasteiger partial charge in [0.2, 0.25) is 0 Å². The van der Waals surface area contributed by atoms with Gasteiger partial charge in [0, 0.05) is 11.9 Å². The van der Waals surface area contributed by atoms with Gasteiger partial charge in [0.25, 0.3) is 11.5 Å². The molecule has 0 aliphatic carbocycles. The predicted molar refractivity (Wildman–Crippen MR) is 78.1 cm³/mol. The Morgan fingerprint density at radius 1 is 1.33 bits per heavy atom. The summed E-state index contributed by atoms with van der Waals surface area (Å²) in [5, 5.41) is 16.8. The first-order valence-electron chi connectivity index (χ1n) is 7.11. The average Bonchev–Trinajstić information content (AvgIpc) is 2.55. The molecule has 0 bridgehead atoms. The molecule has 1 aromatic carbocycles. The Hall–Kier alpha value is -2.21. The summed E-state index contributed by atoms with van der Waals surface area (Å²) < 4.78 is 0. The van der Waals surface area contributed by atoms with Crippen molar-refractivity contribution in [2.75, 3.05) is 13.2 Å². The fourth-order valence-corrected chi connectivity index (χ4v) is 2.87. The number of aliphatic hydroxyl groups excluding tert-OH is 1. The van der Waals surface area contributed by atoms with Gasteiger partial charge in [0.05, 0.1) is 18.0 Å². The van der Waals surface area contributed by atoms with Crippen LogP contribution in [0.3, 0.4) is 0 Å². The van der Waals surface area contributed by atoms with Gasteiger partial charge in [-0.05, 0) is 25.3 Å². The van der Waals surface area contributed by atoms with Crippen LogP contribution in [-0.4, -0.2) is 45.3 Å². The van der Waals surface area contributed by atoms with Crippen LogP contribution in [0.25, 0.3) is 10.8 Å². The van der Waals surface area contributed by atoms with E-state index in [0.29, 0.717) is 17.3 Å². The number of benzene rings is 1. The number of rotatable bonds is 2. The minimum absolute atomic E-state index is 0.0486. The Balaban J connectivity index is 2.05. The third-order valence-corrected chi connectivity index (χ3v) is 4.00. The Morgan fingerprint density at radius 3 is 2.86 bits per heavy atom. The quantitative estimate of drug-likeness (QED) is 0.859. The third kappa shape index (κ3) is 2.42. The van der Waals surface area contributed by atoms with E-state index in [0.717, 1.165) is 19.3 Å². The lowest BCUT2D eigenvalue weighted by molar-refractivity contribution is 0.0498. The number of likely N-dealkylation sites (tertiary alicyclic amines) is 1. The first-order chi connectivity index (χ1) is 10.2. The van der Waals surface area contributed by atoms with Gasteiger partial charge in [-0.25, -0.2) is 5.10 Å². The monoisotopic (exact) mass is 287 g/mol. The number of aromatic nitrogens is 2. The van der Waals surface area contributed by atoms with E-state index in [2.05, 4.69) is 10.2 Å². The van der Waals surface area contributed by atoms with E-state index in [1.54, 1.807) is 29.2 Å². The van der Waals surface area contributed by atoms with E-state index in [9.17, 15) is 14.7 Å². The summed E-state index contributed by atoms with van der Waals surface area (Å²) in [4.78, 5) is 26.2. The van der Waals surface area contributed by atoms with Gasteiger partial charge >= 0.3 is 0 Å². The molecule has 110 valence electrons. The lowest BCUT2D eigenvalue weighted by Gasteiger charge is -2.34. The molecular formula is C15H17N3O3. The molecule has 0 radical (unpaired) electrons. The van der Waals surface area contributed by atoms with Crippen molar-refractivity contribution < 1.29 is 9.90 Å². The second-order valence-electron chi connectivity index (χ2n) is 5.28. The third-order valence-electron chi connectivity index (χ3n) is 4.00. The highest BCUT2D eigenvalue weighted by Gasteiger charge is 2.29. The number of aliphatic hydroxyl groups is 1. The van der Waals surface area contributed by atoms with Crippen molar-refractivity contribution in [2.24, 2.45) is 0 Å². The van der Waals surface area contributed by atoms with E-state index < -0.39 is 0 Å². The molecule has 2 heterocycles. The standard InChI is InChI=1S/C15H17N3O3/c19-9-10-5-3-4-8-18(10)15(21)13-11-6-1-2-7-12(11)14(20)17-16-13/h1-2,6-7,10,19H,3-5,8-9H2,(H,17,20). The van der Waals surface area contributed by atoms with E-state index in [1.807, 2.05) is 0 Å². The number of amides is 1. The maximum absolute atomic E-state index is 12.7. The van der Waals surface area contributed by atoms with E-state index >= 15 is 0 Å². The molecule has 3 rings (SSSR count). The molecule has 1 unspecified atom stereocenters. The maximum Gasteiger partial charge on any atom is 0.275 e. The lowest BCUT2D eigenvalue weighted by atomic mass is 10.0. The Kier molecular flexibility index (Phi) is 3.70. The SMILES string of the molecule is O=C(c1n[nH]c(=O)c2ccccc12)N1CCCCC1CO. The number of fused-ring (bicyclic) bond motifs is 1. The summed E-state index contributed by atoms with van der Waals surface area (Å²) in [7, 11) is 0. The largest absolute Gasteiger partial charge is 0.394 e. The minimum Gasteiger partial charge on any atom is -0.394 e. The van der Waals surface area contributed by atoms with Crippen LogP contribution >= 0.6 is 0 Å². The van der Waals surface area contributed by atoms with Crippen molar-refractivity contribution in [1.29, 1.82) is 0 Å². The number of hydrogen-bond donors (Lipinski definition) is 2. The molecule has 6 nitrogen and oxygen atoms in total. The Bertz CT molecular complexity index is 725. The van der Waals surface area contributed by atoms with Crippen LogP contribution < -0.4 is 5.56 Å². The summed E-state index contributed by atoms with van der Waals surface area (Å²) >= 11 is 0. The van der Waals surface area contributed by atoms with E-state index in [4.69, 9.17) is 0 Å². The molecular weight excluding hydrogens is 270 g/mol. The van der Waals surface area contributed by atoms with Crippen LogP contribution in [-0.2, 0) is 0 Å². The molecule has 0 spiro atoms. The van der Waals surface area contributed by atoms with Crippen LogP contribution in [0.4, 0.5) is 0 Å². The van der Waals surface area contributed by atoms with Gasteiger partial charge < -0.3 is 10.0 Å². The van der Waals surface area contributed by atoms with Crippen LogP contribution in [0.5, 0.6) is 0 Å². The molecule has 2 N–H and O–H groups in total. The van der Waals surface area contributed by atoms with Crippen molar-refractivity contribution in [3.8, 4) is 0 Å². The first kappa shape index (κ1) is 13.8. The minimum atomic E-state index is -0.306. The fraction of sp³-hybridized carbons (Fsp3) is 0.400. The summed E-state index contributed by atoms with van der Waals surface area (Å²) in [6.45, 7) is 0.562. The number of H-pyrrole nitrogens is 1. The smallest absolute Gasteiger partial charge is 0.275 e. The lowest BCUT2D eigenvalue weighted by Crippen LogP contribution is -2.46. The van der Waals surface area contributed by atoms with Crippen LogP contribution in [0, 0.1) is 0 Å². The second-order valence-corrected chi connectivity index (χ2v) is 5.28. The predicted octanol–water partition coefficient (Wildman–Crippen LogP) is 0.910. The molecule has 1 aliphatic rings. The molecule has 1 fully saturated rings. The number of aromatic amines is 1. The van der Waals surface area contributed by atoms with Crippen LogP contribution in [0.15, 0.2) is 29.1 Å². The first-order valence-corrected chi connectivity index (χ1v) is 7.11. The number of nitrogens with one attached hydrogen (secondary N) is 1. The molecule has 2 aromatic rings. The second kappa shape index (κ2) is 5.65. The van der Waals surface area contributed by atoms with Crippen molar-refractivity contribution >= 4 is 16.7 Å². The van der Waals surface area contributed by atoms with Gasteiger partial charge in [-0.2, -0.15) is 5.10 Å². The molecule has 1 aliphatic heterocycles. The highest BCUT2D eigenvalue weighted by Crippen LogP contribution is 2.21. The maximum atomic E-state index is 12.7. The Morgan fingerprint density at radius 2 is 2.10 bits per heavy atom. The summed E-state index contributed by atoms with van der Waals surface area (Å²) in [5.74, 6) is -0.235. The summed E-state index contributed by atoms with van der Waals surface area (Å²) in [6.07, 6.45) is 2.72. The van der Waals surface area contributed by atoms with Crippen molar-refractivity contribution in [3.63, 3.8) is 0 Å². The van der Waals surface area contributed by atoms with Gasteiger partial charge in [0.15, 0.2) is 5.69 Å². The molecule has 1 amide bonds. The van der Waals surface area contributed by atoms with Crippen LogP contribution in [0.1, 0.15) is 29.8 Å². The van der Waals surface area contributed by atoms with Crippen LogP contribution in [0.2, 0.25) is 0 Å². The zero-order chi connectivity index (χ0) is 14.8. The average molecular weight is 287 g/mol. The highest BCUT2D eigenvalue weighted by molar-refractivity contribution is 6.04. The topological polar surface area (TPSA) is 86.3 Å². The molecule has 1 saturated heterocycles. The molecule has 1 aromatic heterocycles. The van der Waals surface area contributed by atoms with Gasteiger partial charge in [-0.1, -0.05) is 18.2 Å².